The molecule has 0 saturated carbocycles. The van der Waals surface area contributed by atoms with Crippen molar-refractivity contribution in [2.45, 2.75) is 5.16 Å². The topological polar surface area (TPSA) is 113 Å². The van der Waals surface area contributed by atoms with E-state index in [4.69, 9.17) is 0 Å². The van der Waals surface area contributed by atoms with Gasteiger partial charge in [0.15, 0.2) is 0 Å². The minimum absolute atomic E-state index is 0.772. The van der Waals surface area contributed by atoms with Gasteiger partial charge in [-0.15, -0.1) is 0 Å². The first-order valence-electron chi connectivity index (χ1n) is 2.52. The number of rotatable bonds is 2. The summed E-state index contributed by atoms with van der Waals surface area (Å²) in [6.07, 6.45) is 1.79. The summed E-state index contributed by atoms with van der Waals surface area (Å²) in [5.74, 6) is 0. The van der Waals surface area contributed by atoms with Gasteiger partial charge in [0.1, 0.15) is 12.7 Å². The predicted octanol–water partition coefficient (Wildman–Crippen LogP) is -1.56. The summed E-state index contributed by atoms with van der Waals surface area (Å²) in [5.41, 5.74) is 0. The van der Waals surface area contributed by atoms with Crippen molar-refractivity contribution in [3.63, 3.8) is 0 Å². The molecule has 1 atom stereocenters. The molecule has 1 aromatic heterocycles. The van der Waals surface area contributed by atoms with Crippen LogP contribution in [0.3, 0.4) is 0 Å². The van der Waals surface area contributed by atoms with Crippen molar-refractivity contribution in [1.29, 1.82) is 0 Å². The maximum Gasteiger partial charge on any atom is 0.280 e. The Bertz CT molecular complexity index is 387. The van der Waals surface area contributed by atoms with E-state index >= 15 is 0 Å². The van der Waals surface area contributed by atoms with Crippen molar-refractivity contribution < 1.29 is 17.2 Å². The van der Waals surface area contributed by atoms with Crippen LogP contribution in [0.4, 0.5) is 0 Å². The van der Waals surface area contributed by atoms with Crippen LogP contribution in [0.5, 0.6) is 0 Å². The van der Waals surface area contributed by atoms with Crippen LogP contribution in [0, 0.1) is 0 Å². The molecule has 0 saturated heterocycles. The van der Waals surface area contributed by atoms with Crippen molar-refractivity contribution in [2.75, 3.05) is 0 Å². The molecule has 9 heteroatoms. The third kappa shape index (κ3) is 1.62. The van der Waals surface area contributed by atoms with Gasteiger partial charge in [-0.1, -0.05) is 0 Å². The van der Waals surface area contributed by atoms with Crippen molar-refractivity contribution in [3.8, 4) is 0 Å². The number of hydrogen-bond acceptors (Lipinski definition) is 7. The maximum absolute atomic E-state index is 10.8. The Hall–Kier alpha value is -0.930. The van der Waals surface area contributed by atoms with E-state index in [0.717, 1.165) is 12.7 Å². The van der Waals surface area contributed by atoms with E-state index in [9.17, 15) is 17.2 Å². The lowest BCUT2D eigenvalue weighted by Gasteiger charge is -2.02. The first-order chi connectivity index (χ1) is 5.55. The Morgan fingerprint density at radius 3 is 2.25 bits per heavy atom. The summed E-state index contributed by atoms with van der Waals surface area (Å²) in [7, 11) is -7.68. The Morgan fingerprint density at radius 2 is 1.83 bits per heavy atom. The molecule has 1 aromatic rings. The van der Waals surface area contributed by atoms with E-state index in [1.165, 1.54) is 0 Å². The van der Waals surface area contributed by atoms with Gasteiger partial charge in [-0.3, -0.25) is 4.21 Å². The highest BCUT2D eigenvalue weighted by Crippen LogP contribution is 2.04. The molecular formula is C3H2N3O4S2-. The van der Waals surface area contributed by atoms with Crippen molar-refractivity contribution in [1.82, 2.24) is 15.0 Å². The number of aromatic nitrogens is 3. The van der Waals surface area contributed by atoms with Gasteiger partial charge in [0.05, 0.1) is 10.1 Å². The summed E-state index contributed by atoms with van der Waals surface area (Å²) >= 11 is 0. The van der Waals surface area contributed by atoms with E-state index in [2.05, 4.69) is 15.0 Å². The average molecular weight is 208 g/mol. The van der Waals surface area contributed by atoms with Gasteiger partial charge < -0.3 is 4.55 Å². The second kappa shape index (κ2) is 3.21. The Morgan fingerprint density at radius 1 is 1.33 bits per heavy atom. The van der Waals surface area contributed by atoms with Gasteiger partial charge in [-0.25, -0.2) is 23.4 Å². The first kappa shape index (κ1) is 9.16. The Labute approximate surface area is 69.5 Å². The van der Waals surface area contributed by atoms with E-state index in [-0.39, 0.29) is 0 Å². The van der Waals surface area contributed by atoms with E-state index in [1.54, 1.807) is 0 Å². The molecule has 0 aliphatic carbocycles. The van der Waals surface area contributed by atoms with E-state index < -0.39 is 24.1 Å². The zero-order valence-electron chi connectivity index (χ0n) is 5.45. The van der Waals surface area contributed by atoms with Crippen LogP contribution in [0.1, 0.15) is 0 Å². The number of hydrogen-bond donors (Lipinski definition) is 0. The largest absolute Gasteiger partial charge is 0.760 e. The fourth-order valence-electron chi connectivity index (χ4n) is 0.419. The summed E-state index contributed by atoms with van der Waals surface area (Å²) in [6, 6.07) is 0. The third-order valence-electron chi connectivity index (χ3n) is 0.872. The third-order valence-corrected chi connectivity index (χ3v) is 3.41. The maximum atomic E-state index is 10.8. The molecule has 66 valence electrons. The highest BCUT2D eigenvalue weighted by atomic mass is 33.2. The van der Waals surface area contributed by atoms with E-state index in [1.807, 2.05) is 0 Å². The van der Waals surface area contributed by atoms with Crippen LogP contribution in [-0.4, -0.2) is 32.1 Å². The van der Waals surface area contributed by atoms with Gasteiger partial charge in [-0.05, 0) is 0 Å². The molecule has 0 aliphatic heterocycles. The zero-order valence-corrected chi connectivity index (χ0v) is 7.08. The van der Waals surface area contributed by atoms with Gasteiger partial charge in [0.2, 0.25) is 0 Å². The second-order valence-corrected chi connectivity index (χ2v) is 5.39. The fourth-order valence-corrected chi connectivity index (χ4v) is 1.52. The second-order valence-electron chi connectivity index (χ2n) is 1.58. The SMILES string of the molecule is O=S([O-])S(=O)(=O)c1ncncn1. The molecule has 0 fully saturated rings. The summed E-state index contributed by atoms with van der Waals surface area (Å²) in [5, 5.41) is -0.772. The molecule has 12 heavy (non-hydrogen) atoms. The number of nitrogens with zero attached hydrogens (tertiary/aromatic N) is 3. The minimum Gasteiger partial charge on any atom is -0.760 e. The summed E-state index contributed by atoms with van der Waals surface area (Å²) in [4.78, 5) is 9.67. The molecule has 1 rings (SSSR count). The van der Waals surface area contributed by atoms with Gasteiger partial charge in [0, 0.05) is 0 Å². The van der Waals surface area contributed by atoms with Crippen molar-refractivity contribution in [2.24, 2.45) is 0 Å². The normalized spacial score (nSPS) is 14.1. The van der Waals surface area contributed by atoms with Crippen LogP contribution in [0.15, 0.2) is 17.8 Å². The quantitative estimate of drug-likeness (QED) is 0.426. The summed E-state index contributed by atoms with van der Waals surface area (Å²) in [6.45, 7) is 0. The summed E-state index contributed by atoms with van der Waals surface area (Å²) < 4.78 is 41.8. The van der Waals surface area contributed by atoms with Gasteiger partial charge in [0.25, 0.3) is 14.0 Å². The van der Waals surface area contributed by atoms with Crippen LogP contribution in [0.2, 0.25) is 0 Å². The van der Waals surface area contributed by atoms with Crippen LogP contribution < -0.4 is 0 Å². The van der Waals surface area contributed by atoms with Crippen molar-refractivity contribution >= 4 is 19.0 Å². The Balaban J connectivity index is 3.26. The van der Waals surface area contributed by atoms with E-state index in [0.29, 0.717) is 0 Å². The average Bonchev–Trinajstić information content (AvgIpc) is 2.06. The molecule has 0 amide bonds. The molecule has 0 spiro atoms. The highest BCUT2D eigenvalue weighted by Gasteiger charge is 2.17. The fraction of sp³-hybridized carbons (Fsp3) is 0. The standard InChI is InChI=1S/C3H3N3O4S2/c7-11(8)12(9,10)3-5-1-4-2-6-3/h1-2H,(H,7,8)/p-1. The van der Waals surface area contributed by atoms with Crippen LogP contribution in [0.25, 0.3) is 0 Å². The molecule has 0 aromatic carbocycles. The predicted molar refractivity (Wildman–Crippen MR) is 35.9 cm³/mol. The molecule has 0 aliphatic rings. The molecule has 0 bridgehead atoms. The smallest absolute Gasteiger partial charge is 0.280 e. The lowest BCUT2D eigenvalue weighted by Crippen LogP contribution is -2.11. The lowest BCUT2D eigenvalue weighted by molar-refractivity contribution is 0.538. The Kier molecular flexibility index (Phi) is 2.45. The van der Waals surface area contributed by atoms with Gasteiger partial charge >= 0.3 is 0 Å². The molecule has 1 unspecified atom stereocenters. The van der Waals surface area contributed by atoms with Crippen LogP contribution in [-0.2, 0) is 19.0 Å². The first-order valence-corrected chi connectivity index (χ1v) is 5.59. The minimum atomic E-state index is -4.42. The zero-order chi connectivity index (χ0) is 9.19. The lowest BCUT2D eigenvalue weighted by atomic mass is 11.1. The molecule has 7 nitrogen and oxygen atoms in total. The molecular weight excluding hydrogens is 206 g/mol. The van der Waals surface area contributed by atoms with Crippen molar-refractivity contribution in [3.05, 3.63) is 12.7 Å². The highest BCUT2D eigenvalue weighted by molar-refractivity contribution is 8.61. The van der Waals surface area contributed by atoms with Crippen LogP contribution >= 0.6 is 0 Å². The monoisotopic (exact) mass is 208 g/mol. The molecule has 1 heterocycles. The van der Waals surface area contributed by atoms with Gasteiger partial charge in [-0.2, -0.15) is 0 Å². The molecule has 0 radical (unpaired) electrons. The molecule has 0 N–H and O–H groups in total.